The molecule has 0 bridgehead atoms. The summed E-state index contributed by atoms with van der Waals surface area (Å²) in [7, 11) is 1.54. The summed E-state index contributed by atoms with van der Waals surface area (Å²) >= 11 is 0. The van der Waals surface area contributed by atoms with Crippen LogP contribution in [0.4, 0.5) is 21.8 Å². The van der Waals surface area contributed by atoms with Crippen molar-refractivity contribution in [3.8, 4) is 5.75 Å². The van der Waals surface area contributed by atoms with E-state index in [4.69, 9.17) is 4.74 Å². The first kappa shape index (κ1) is 14.0. The van der Waals surface area contributed by atoms with E-state index in [2.05, 4.69) is 27.5 Å². The number of benzene rings is 1. The molecule has 0 aliphatic heterocycles. The number of nitrogens with zero attached hydrogens (tertiary/aromatic N) is 2. The highest BCUT2D eigenvalue weighted by Crippen LogP contribution is 2.24. The Morgan fingerprint density at radius 3 is 2.90 bits per heavy atom. The topological polar surface area (TPSA) is 59.1 Å². The van der Waals surface area contributed by atoms with Crippen molar-refractivity contribution >= 4 is 17.5 Å². The van der Waals surface area contributed by atoms with E-state index < -0.39 is 0 Å². The Morgan fingerprint density at radius 1 is 1.30 bits per heavy atom. The highest BCUT2D eigenvalue weighted by Gasteiger charge is 2.06. The minimum Gasteiger partial charge on any atom is -0.497 e. The van der Waals surface area contributed by atoms with Crippen molar-refractivity contribution in [3.05, 3.63) is 36.3 Å². The molecule has 20 heavy (non-hydrogen) atoms. The molecule has 6 heteroatoms. The van der Waals surface area contributed by atoms with Gasteiger partial charge in [0, 0.05) is 18.8 Å². The first-order chi connectivity index (χ1) is 9.72. The maximum Gasteiger partial charge on any atom is 0.224 e. The number of rotatable bonds is 6. The number of hydrogen-bond acceptors (Lipinski definition) is 5. The van der Waals surface area contributed by atoms with Gasteiger partial charge in [0.15, 0.2) is 0 Å². The van der Waals surface area contributed by atoms with Crippen molar-refractivity contribution < 1.29 is 9.13 Å². The Kier molecular flexibility index (Phi) is 4.70. The van der Waals surface area contributed by atoms with Gasteiger partial charge in [-0.3, -0.25) is 0 Å². The first-order valence-electron chi connectivity index (χ1n) is 6.40. The molecule has 0 unspecified atom stereocenters. The minimum atomic E-state index is -0.368. The van der Waals surface area contributed by atoms with Crippen LogP contribution in [0.5, 0.6) is 5.75 Å². The second-order valence-corrected chi connectivity index (χ2v) is 4.16. The summed E-state index contributed by atoms with van der Waals surface area (Å²) in [6.45, 7) is 2.84. The molecule has 2 rings (SSSR count). The van der Waals surface area contributed by atoms with Crippen molar-refractivity contribution in [2.45, 2.75) is 13.3 Å². The van der Waals surface area contributed by atoms with Gasteiger partial charge in [0.05, 0.1) is 12.8 Å². The molecule has 106 valence electrons. The van der Waals surface area contributed by atoms with Gasteiger partial charge in [-0.05, 0) is 24.6 Å². The molecular weight excluding hydrogens is 259 g/mol. The van der Waals surface area contributed by atoms with E-state index in [-0.39, 0.29) is 5.82 Å². The van der Waals surface area contributed by atoms with Crippen LogP contribution in [0.2, 0.25) is 0 Å². The SMILES string of the molecule is CCCNc1nccc(Nc2cc(OC)ccc2F)n1. The molecule has 0 radical (unpaired) electrons. The van der Waals surface area contributed by atoms with E-state index in [1.165, 1.54) is 13.2 Å². The Labute approximate surface area is 117 Å². The monoisotopic (exact) mass is 276 g/mol. The maximum absolute atomic E-state index is 13.7. The first-order valence-corrected chi connectivity index (χ1v) is 6.40. The van der Waals surface area contributed by atoms with Gasteiger partial charge in [0.25, 0.3) is 0 Å². The number of methoxy groups -OCH3 is 1. The van der Waals surface area contributed by atoms with Crippen molar-refractivity contribution in [3.63, 3.8) is 0 Å². The normalized spacial score (nSPS) is 10.2. The van der Waals surface area contributed by atoms with Crippen LogP contribution in [0, 0.1) is 5.82 Å². The molecule has 0 aliphatic carbocycles. The number of nitrogens with one attached hydrogen (secondary N) is 2. The van der Waals surface area contributed by atoms with Crippen LogP contribution >= 0.6 is 0 Å². The number of aromatic nitrogens is 2. The third kappa shape index (κ3) is 3.57. The standard InChI is InChI=1S/C14H17FN4O/c1-3-7-16-14-17-8-6-13(19-14)18-12-9-10(20-2)4-5-11(12)15/h4-6,8-9H,3,7H2,1-2H3,(H2,16,17,18,19). The van der Waals surface area contributed by atoms with Gasteiger partial charge in [-0.25, -0.2) is 9.37 Å². The summed E-state index contributed by atoms with van der Waals surface area (Å²) in [4.78, 5) is 8.36. The lowest BCUT2D eigenvalue weighted by molar-refractivity contribution is 0.414. The number of halogens is 1. The Balaban J connectivity index is 2.17. The number of anilines is 3. The van der Waals surface area contributed by atoms with Crippen LogP contribution in [0.25, 0.3) is 0 Å². The van der Waals surface area contributed by atoms with Crippen LogP contribution in [0.1, 0.15) is 13.3 Å². The average molecular weight is 276 g/mol. The molecule has 0 saturated carbocycles. The summed E-state index contributed by atoms with van der Waals surface area (Å²) in [5, 5.41) is 5.99. The molecule has 0 fully saturated rings. The quantitative estimate of drug-likeness (QED) is 0.848. The average Bonchev–Trinajstić information content (AvgIpc) is 2.48. The summed E-state index contributed by atoms with van der Waals surface area (Å²) in [6.07, 6.45) is 2.59. The smallest absolute Gasteiger partial charge is 0.224 e. The molecule has 1 heterocycles. The van der Waals surface area contributed by atoms with Gasteiger partial charge in [-0.15, -0.1) is 0 Å². The number of hydrogen-bond donors (Lipinski definition) is 2. The van der Waals surface area contributed by atoms with Gasteiger partial charge >= 0.3 is 0 Å². The maximum atomic E-state index is 13.7. The fraction of sp³-hybridized carbons (Fsp3) is 0.286. The fourth-order valence-electron chi connectivity index (χ4n) is 1.62. The van der Waals surface area contributed by atoms with E-state index in [1.807, 2.05) is 0 Å². The zero-order chi connectivity index (χ0) is 14.4. The van der Waals surface area contributed by atoms with Crippen LogP contribution in [0.3, 0.4) is 0 Å². The van der Waals surface area contributed by atoms with E-state index in [0.717, 1.165) is 13.0 Å². The molecule has 1 aromatic carbocycles. The third-order valence-corrected chi connectivity index (χ3v) is 2.62. The van der Waals surface area contributed by atoms with E-state index >= 15 is 0 Å². The largest absolute Gasteiger partial charge is 0.497 e. The molecule has 2 aromatic rings. The van der Waals surface area contributed by atoms with E-state index in [9.17, 15) is 4.39 Å². The van der Waals surface area contributed by atoms with Crippen LogP contribution < -0.4 is 15.4 Å². The van der Waals surface area contributed by atoms with Gasteiger partial charge in [0.2, 0.25) is 5.95 Å². The molecule has 2 N–H and O–H groups in total. The van der Waals surface area contributed by atoms with Crippen molar-refractivity contribution in [2.24, 2.45) is 0 Å². The van der Waals surface area contributed by atoms with Gasteiger partial charge < -0.3 is 15.4 Å². The predicted molar refractivity (Wildman–Crippen MR) is 77.0 cm³/mol. The van der Waals surface area contributed by atoms with Gasteiger partial charge in [-0.1, -0.05) is 6.92 Å². The molecule has 1 aromatic heterocycles. The number of ether oxygens (including phenoxy) is 1. The lowest BCUT2D eigenvalue weighted by Crippen LogP contribution is -2.05. The molecule has 0 atom stereocenters. The Bertz CT molecular complexity index is 577. The zero-order valence-electron chi connectivity index (χ0n) is 11.5. The second-order valence-electron chi connectivity index (χ2n) is 4.16. The van der Waals surface area contributed by atoms with Crippen molar-refractivity contribution in [1.29, 1.82) is 0 Å². The molecule has 0 saturated heterocycles. The third-order valence-electron chi connectivity index (χ3n) is 2.62. The van der Waals surface area contributed by atoms with Crippen molar-refractivity contribution in [2.75, 3.05) is 24.3 Å². The van der Waals surface area contributed by atoms with Gasteiger partial charge in [-0.2, -0.15) is 4.98 Å². The molecule has 0 spiro atoms. The highest BCUT2D eigenvalue weighted by atomic mass is 19.1. The van der Waals surface area contributed by atoms with E-state index in [1.54, 1.807) is 24.4 Å². The Morgan fingerprint density at radius 2 is 2.15 bits per heavy atom. The minimum absolute atomic E-state index is 0.310. The molecule has 0 amide bonds. The summed E-state index contributed by atoms with van der Waals surface area (Å²) in [6, 6.07) is 6.17. The summed E-state index contributed by atoms with van der Waals surface area (Å²) < 4.78 is 18.8. The highest BCUT2D eigenvalue weighted by molar-refractivity contribution is 5.59. The van der Waals surface area contributed by atoms with Crippen LogP contribution in [-0.4, -0.2) is 23.6 Å². The van der Waals surface area contributed by atoms with Crippen LogP contribution in [-0.2, 0) is 0 Å². The second kappa shape index (κ2) is 6.70. The summed E-state index contributed by atoms with van der Waals surface area (Å²) in [5.74, 6) is 1.24. The van der Waals surface area contributed by atoms with E-state index in [0.29, 0.717) is 23.2 Å². The zero-order valence-corrected chi connectivity index (χ0v) is 11.5. The molecular formula is C14H17FN4O. The van der Waals surface area contributed by atoms with Crippen molar-refractivity contribution in [1.82, 2.24) is 9.97 Å². The summed E-state index contributed by atoms with van der Waals surface area (Å²) in [5.41, 5.74) is 0.310. The predicted octanol–water partition coefficient (Wildman–Crippen LogP) is 3.19. The Hall–Kier alpha value is -2.37. The lowest BCUT2D eigenvalue weighted by Gasteiger charge is -2.10. The van der Waals surface area contributed by atoms with Gasteiger partial charge in [0.1, 0.15) is 17.4 Å². The van der Waals surface area contributed by atoms with Crippen LogP contribution in [0.15, 0.2) is 30.5 Å². The molecule has 0 aliphatic rings. The lowest BCUT2D eigenvalue weighted by atomic mass is 10.3. The fourth-order valence-corrected chi connectivity index (χ4v) is 1.62. The molecule has 5 nitrogen and oxygen atoms in total.